The summed E-state index contributed by atoms with van der Waals surface area (Å²) in [5.74, 6) is -3.23. The number of hydrogen-bond acceptors (Lipinski definition) is 4. The van der Waals surface area contributed by atoms with Gasteiger partial charge in [-0.25, -0.2) is 13.6 Å². The predicted octanol–water partition coefficient (Wildman–Crippen LogP) is 3.08. The Morgan fingerprint density at radius 1 is 1.03 bits per heavy atom. The van der Waals surface area contributed by atoms with Gasteiger partial charge in [-0.1, -0.05) is 12.1 Å². The highest BCUT2D eigenvalue weighted by Crippen LogP contribution is 2.37. The van der Waals surface area contributed by atoms with Gasteiger partial charge >= 0.3 is 5.97 Å². The second-order valence-electron chi connectivity index (χ2n) is 6.56. The van der Waals surface area contributed by atoms with Gasteiger partial charge in [-0.15, -0.1) is 0 Å². The third-order valence-electron chi connectivity index (χ3n) is 4.76. The largest absolute Gasteiger partial charge is 0.480 e. The minimum absolute atomic E-state index is 0.112. The smallest absolute Gasteiger partial charge is 0.341 e. The Hall–Kier alpha value is -4.01. The van der Waals surface area contributed by atoms with Crippen LogP contribution in [0.1, 0.15) is 15.9 Å². The quantitative estimate of drug-likeness (QED) is 0.507. The highest BCUT2D eigenvalue weighted by atomic mass is 19.1. The van der Waals surface area contributed by atoms with Gasteiger partial charge in [0.1, 0.15) is 17.4 Å². The van der Waals surface area contributed by atoms with Gasteiger partial charge in [-0.3, -0.25) is 9.78 Å². The number of amides is 1. The van der Waals surface area contributed by atoms with Gasteiger partial charge < -0.3 is 20.1 Å². The van der Waals surface area contributed by atoms with Crippen molar-refractivity contribution in [2.75, 3.05) is 6.61 Å². The van der Waals surface area contributed by atoms with Crippen LogP contribution < -0.4 is 10.5 Å². The van der Waals surface area contributed by atoms with E-state index in [-0.39, 0.29) is 23.4 Å². The van der Waals surface area contributed by atoms with E-state index in [9.17, 15) is 18.4 Å². The Bertz CT molecular complexity index is 1300. The summed E-state index contributed by atoms with van der Waals surface area (Å²) in [6.45, 7) is -0.821. The average molecular weight is 411 g/mol. The lowest BCUT2D eigenvalue weighted by molar-refractivity contribution is -0.139. The zero-order chi connectivity index (χ0) is 21.4. The summed E-state index contributed by atoms with van der Waals surface area (Å²) in [4.78, 5) is 27.1. The molecule has 0 spiro atoms. The number of benzene rings is 2. The van der Waals surface area contributed by atoms with Crippen molar-refractivity contribution in [3.63, 3.8) is 0 Å². The van der Waals surface area contributed by atoms with Crippen molar-refractivity contribution >= 4 is 33.7 Å². The Morgan fingerprint density at radius 2 is 1.73 bits per heavy atom. The van der Waals surface area contributed by atoms with E-state index in [1.54, 1.807) is 16.7 Å². The van der Waals surface area contributed by atoms with Crippen molar-refractivity contribution in [3.05, 3.63) is 71.6 Å². The first-order valence-corrected chi connectivity index (χ1v) is 8.84. The molecule has 0 bridgehead atoms. The number of carboxylic acids is 1. The molecule has 0 aliphatic rings. The van der Waals surface area contributed by atoms with Gasteiger partial charge in [0, 0.05) is 16.5 Å². The van der Waals surface area contributed by atoms with E-state index in [2.05, 4.69) is 4.98 Å². The average Bonchev–Trinajstić information content (AvgIpc) is 3.03. The molecule has 0 fully saturated rings. The summed E-state index contributed by atoms with van der Waals surface area (Å²) < 4.78 is 35.6. The molecule has 4 aromatic rings. The molecule has 0 saturated heterocycles. The molecule has 4 rings (SSSR count). The van der Waals surface area contributed by atoms with E-state index in [4.69, 9.17) is 15.6 Å². The number of halogens is 2. The minimum atomic E-state index is -1.20. The summed E-state index contributed by atoms with van der Waals surface area (Å²) in [5, 5.41) is 9.73. The molecule has 0 aliphatic carbocycles. The monoisotopic (exact) mass is 411 g/mol. The van der Waals surface area contributed by atoms with Crippen LogP contribution in [0.5, 0.6) is 5.75 Å². The molecule has 1 amide bonds. The predicted molar refractivity (Wildman–Crippen MR) is 104 cm³/mol. The molecule has 2 aromatic carbocycles. The standard InChI is InChI=1S/C21H15F2N3O4/c22-13-4-2-5-14(23)12(13)9-26-15-6-1-3-11(21(24)29)19(15)20-16(26)7-25-8-17(20)30-10-18(27)28/h1-8H,9-10H2,(H2,24,29)(H,27,28). The van der Waals surface area contributed by atoms with Crippen LogP contribution >= 0.6 is 0 Å². The Balaban J connectivity index is 2.05. The van der Waals surface area contributed by atoms with Crippen LogP contribution in [0.15, 0.2) is 48.8 Å². The molecule has 0 aliphatic heterocycles. The number of nitrogens with zero attached hydrogens (tertiary/aromatic N) is 2. The van der Waals surface area contributed by atoms with Gasteiger partial charge in [-0.05, 0) is 24.3 Å². The third kappa shape index (κ3) is 3.20. The summed E-state index contributed by atoms with van der Waals surface area (Å²) in [7, 11) is 0. The van der Waals surface area contributed by atoms with E-state index in [0.717, 1.165) is 12.1 Å². The summed E-state index contributed by atoms with van der Waals surface area (Å²) in [5.41, 5.74) is 6.41. The fourth-order valence-corrected chi connectivity index (χ4v) is 3.51. The normalized spacial score (nSPS) is 11.1. The topological polar surface area (TPSA) is 107 Å². The number of carbonyl (C=O) groups is 2. The van der Waals surface area contributed by atoms with Crippen LogP contribution in [0.2, 0.25) is 0 Å². The lowest BCUT2D eigenvalue weighted by atomic mass is 10.1. The number of hydrogen-bond donors (Lipinski definition) is 2. The maximum Gasteiger partial charge on any atom is 0.341 e. The van der Waals surface area contributed by atoms with Crippen LogP contribution in [0.25, 0.3) is 21.8 Å². The van der Waals surface area contributed by atoms with Crippen molar-refractivity contribution in [2.45, 2.75) is 6.54 Å². The number of rotatable bonds is 6. The molecule has 9 heteroatoms. The molecule has 2 heterocycles. The molecule has 7 nitrogen and oxygen atoms in total. The maximum absolute atomic E-state index is 14.3. The van der Waals surface area contributed by atoms with Gasteiger partial charge in [0.15, 0.2) is 6.61 Å². The molecule has 0 atom stereocenters. The number of carbonyl (C=O) groups excluding carboxylic acids is 1. The number of nitrogens with two attached hydrogens (primary N) is 1. The van der Waals surface area contributed by atoms with Crippen LogP contribution in [-0.2, 0) is 11.3 Å². The first-order chi connectivity index (χ1) is 14.4. The van der Waals surface area contributed by atoms with Gasteiger partial charge in [0.25, 0.3) is 0 Å². The van der Waals surface area contributed by atoms with Crippen LogP contribution in [0.3, 0.4) is 0 Å². The number of fused-ring (bicyclic) bond motifs is 3. The van der Waals surface area contributed by atoms with Crippen molar-refractivity contribution in [2.24, 2.45) is 5.73 Å². The molecule has 3 N–H and O–H groups in total. The van der Waals surface area contributed by atoms with E-state index in [1.165, 1.54) is 24.5 Å². The first kappa shape index (κ1) is 19.3. The van der Waals surface area contributed by atoms with Crippen LogP contribution in [0, 0.1) is 11.6 Å². The highest BCUT2D eigenvalue weighted by molar-refractivity contribution is 6.19. The summed E-state index contributed by atoms with van der Waals surface area (Å²) in [6, 6.07) is 8.36. The summed E-state index contributed by atoms with van der Waals surface area (Å²) >= 11 is 0. The van der Waals surface area contributed by atoms with Crippen LogP contribution in [0.4, 0.5) is 8.78 Å². The fraction of sp³-hybridized carbons (Fsp3) is 0.0952. The molecule has 152 valence electrons. The molecular weight excluding hydrogens is 396 g/mol. The van der Waals surface area contributed by atoms with Gasteiger partial charge in [0.2, 0.25) is 5.91 Å². The second kappa shape index (κ2) is 7.43. The highest BCUT2D eigenvalue weighted by Gasteiger charge is 2.22. The Kier molecular flexibility index (Phi) is 4.78. The molecule has 0 saturated carbocycles. The zero-order valence-electron chi connectivity index (χ0n) is 15.4. The van der Waals surface area contributed by atoms with E-state index in [0.29, 0.717) is 21.8 Å². The maximum atomic E-state index is 14.3. The Morgan fingerprint density at radius 3 is 2.40 bits per heavy atom. The molecule has 2 aromatic heterocycles. The van der Waals surface area contributed by atoms with E-state index in [1.807, 2.05) is 0 Å². The third-order valence-corrected chi connectivity index (χ3v) is 4.76. The number of ether oxygens (including phenoxy) is 1. The van der Waals surface area contributed by atoms with Crippen molar-refractivity contribution in [1.82, 2.24) is 9.55 Å². The lowest BCUT2D eigenvalue weighted by Gasteiger charge is -2.10. The molecule has 30 heavy (non-hydrogen) atoms. The fourth-order valence-electron chi connectivity index (χ4n) is 3.51. The lowest BCUT2D eigenvalue weighted by Crippen LogP contribution is -2.12. The number of carboxylic acid groups (broad SMARTS) is 1. The number of pyridine rings is 1. The zero-order valence-corrected chi connectivity index (χ0v) is 15.4. The molecule has 0 unspecified atom stereocenters. The van der Waals surface area contributed by atoms with Crippen molar-refractivity contribution < 1.29 is 28.2 Å². The molecule has 0 radical (unpaired) electrons. The van der Waals surface area contributed by atoms with Gasteiger partial charge in [-0.2, -0.15) is 0 Å². The number of aliphatic carboxylic acids is 1. The van der Waals surface area contributed by atoms with E-state index < -0.39 is 30.1 Å². The summed E-state index contributed by atoms with van der Waals surface area (Å²) in [6.07, 6.45) is 2.77. The van der Waals surface area contributed by atoms with Crippen molar-refractivity contribution in [1.29, 1.82) is 0 Å². The van der Waals surface area contributed by atoms with Crippen LogP contribution in [-0.4, -0.2) is 33.1 Å². The Labute approximate surface area is 168 Å². The van der Waals surface area contributed by atoms with E-state index >= 15 is 0 Å². The number of aromatic nitrogens is 2. The minimum Gasteiger partial charge on any atom is -0.480 e. The van der Waals surface area contributed by atoms with Gasteiger partial charge in [0.05, 0.1) is 35.4 Å². The second-order valence-corrected chi connectivity index (χ2v) is 6.56. The molecular formula is C21H15F2N3O4. The SMILES string of the molecule is NC(=O)c1cccc2c1c1c(OCC(=O)O)cncc1n2Cc1c(F)cccc1F. The number of primary amides is 1. The van der Waals surface area contributed by atoms with Crippen molar-refractivity contribution in [3.8, 4) is 5.75 Å². The first-order valence-electron chi connectivity index (χ1n) is 8.84.